The number of sulfonamides is 1. The van der Waals surface area contributed by atoms with Crippen molar-refractivity contribution < 1.29 is 22.9 Å². The average Bonchev–Trinajstić information content (AvgIpc) is 2.62. The van der Waals surface area contributed by atoms with Gasteiger partial charge < -0.3 is 10.1 Å². The number of nitrogens with one attached hydrogen (secondary N) is 1. The van der Waals surface area contributed by atoms with Crippen LogP contribution in [0.4, 0.5) is 11.4 Å². The van der Waals surface area contributed by atoms with Crippen molar-refractivity contribution >= 4 is 27.3 Å². The number of nitro groups is 1. The minimum atomic E-state index is -3.85. The van der Waals surface area contributed by atoms with Gasteiger partial charge in [-0.15, -0.1) is 0 Å². The molecule has 156 valence electrons. The van der Waals surface area contributed by atoms with Crippen molar-refractivity contribution in [2.24, 2.45) is 0 Å². The maximum absolute atomic E-state index is 12.6. The van der Waals surface area contributed by atoms with Crippen molar-refractivity contribution in [1.82, 2.24) is 10.2 Å². The molecule has 10 nitrogen and oxygen atoms in total. The third-order valence-corrected chi connectivity index (χ3v) is 5.79. The van der Waals surface area contributed by atoms with Crippen LogP contribution >= 0.6 is 0 Å². The van der Waals surface area contributed by atoms with Crippen LogP contribution in [0, 0.1) is 17.0 Å². The zero-order chi connectivity index (χ0) is 20.9. The van der Waals surface area contributed by atoms with Crippen LogP contribution in [-0.4, -0.2) is 75.8 Å². The number of morpholine rings is 1. The van der Waals surface area contributed by atoms with E-state index in [1.807, 2.05) is 0 Å². The van der Waals surface area contributed by atoms with Crippen LogP contribution in [0.25, 0.3) is 0 Å². The molecule has 0 aliphatic carbocycles. The van der Waals surface area contributed by atoms with Gasteiger partial charge in [0.25, 0.3) is 5.69 Å². The molecule has 0 spiro atoms. The first-order valence-electron chi connectivity index (χ1n) is 8.93. The van der Waals surface area contributed by atoms with E-state index in [4.69, 9.17) is 4.74 Å². The van der Waals surface area contributed by atoms with Crippen LogP contribution in [0.2, 0.25) is 0 Å². The summed E-state index contributed by atoms with van der Waals surface area (Å²) in [6.45, 7) is 6.98. The second kappa shape index (κ2) is 9.30. The van der Waals surface area contributed by atoms with Gasteiger partial charge in [-0.05, 0) is 19.4 Å². The molecule has 2 rings (SSSR count). The highest BCUT2D eigenvalue weighted by Gasteiger charge is 2.31. The molecule has 1 amide bonds. The van der Waals surface area contributed by atoms with Crippen LogP contribution in [0.5, 0.6) is 0 Å². The van der Waals surface area contributed by atoms with Crippen molar-refractivity contribution in [2.75, 3.05) is 50.0 Å². The van der Waals surface area contributed by atoms with Gasteiger partial charge in [-0.1, -0.05) is 6.07 Å². The Bertz CT molecular complexity index is 823. The first-order valence-corrected chi connectivity index (χ1v) is 10.8. The van der Waals surface area contributed by atoms with Crippen molar-refractivity contribution in [3.05, 3.63) is 33.9 Å². The van der Waals surface area contributed by atoms with Crippen LogP contribution in [0.1, 0.15) is 12.5 Å². The van der Waals surface area contributed by atoms with Gasteiger partial charge in [-0.3, -0.25) is 24.1 Å². The molecule has 1 aliphatic heterocycles. The maximum Gasteiger partial charge on any atom is 0.271 e. The quantitative estimate of drug-likeness (QED) is 0.486. The van der Waals surface area contributed by atoms with Crippen molar-refractivity contribution in [3.8, 4) is 0 Å². The average molecular weight is 414 g/mol. The van der Waals surface area contributed by atoms with Gasteiger partial charge in [0.1, 0.15) is 6.04 Å². The molecule has 1 aromatic carbocycles. The van der Waals surface area contributed by atoms with Crippen molar-refractivity contribution in [1.29, 1.82) is 0 Å². The van der Waals surface area contributed by atoms with Gasteiger partial charge >= 0.3 is 0 Å². The number of non-ortho nitro benzene ring substituents is 1. The molecule has 1 N–H and O–H groups in total. The maximum atomic E-state index is 12.6. The zero-order valence-electron chi connectivity index (χ0n) is 16.3. The van der Waals surface area contributed by atoms with Gasteiger partial charge in [0.05, 0.1) is 30.1 Å². The Balaban J connectivity index is 2.15. The topological polar surface area (TPSA) is 122 Å². The van der Waals surface area contributed by atoms with Crippen LogP contribution in [0.15, 0.2) is 18.2 Å². The Hall–Kier alpha value is -2.24. The highest BCUT2D eigenvalue weighted by atomic mass is 32.2. The number of benzene rings is 1. The number of nitrogens with zero attached hydrogens (tertiary/aromatic N) is 3. The van der Waals surface area contributed by atoms with Gasteiger partial charge in [0.2, 0.25) is 15.9 Å². The lowest BCUT2D eigenvalue weighted by molar-refractivity contribution is -0.384. The Labute approximate surface area is 164 Å². The number of hydrogen-bond acceptors (Lipinski definition) is 7. The molecule has 1 unspecified atom stereocenters. The van der Waals surface area contributed by atoms with Gasteiger partial charge in [0, 0.05) is 38.3 Å². The molecule has 0 radical (unpaired) electrons. The lowest BCUT2D eigenvalue weighted by Crippen LogP contribution is -2.50. The van der Waals surface area contributed by atoms with E-state index in [0.29, 0.717) is 31.9 Å². The number of hydrogen-bond donors (Lipinski definition) is 1. The number of aryl methyl sites for hydroxylation is 1. The Morgan fingerprint density at radius 1 is 1.39 bits per heavy atom. The first-order chi connectivity index (χ1) is 13.1. The summed E-state index contributed by atoms with van der Waals surface area (Å²) in [5.74, 6) is -0.468. The van der Waals surface area contributed by atoms with Gasteiger partial charge in [0.15, 0.2) is 0 Å². The lowest BCUT2D eigenvalue weighted by atomic mass is 10.1. The van der Waals surface area contributed by atoms with Crippen molar-refractivity contribution in [2.45, 2.75) is 19.9 Å². The normalized spacial score (nSPS) is 16.4. The molecule has 0 aromatic heterocycles. The molecular formula is C17H26N4O6S. The fourth-order valence-corrected chi connectivity index (χ4v) is 4.26. The molecule has 1 atom stereocenters. The summed E-state index contributed by atoms with van der Waals surface area (Å²) in [7, 11) is -3.85. The highest BCUT2D eigenvalue weighted by molar-refractivity contribution is 7.92. The summed E-state index contributed by atoms with van der Waals surface area (Å²) in [5.41, 5.74) is 0.394. The van der Waals surface area contributed by atoms with E-state index in [-0.39, 0.29) is 11.4 Å². The molecule has 1 aliphatic rings. The van der Waals surface area contributed by atoms with Crippen LogP contribution < -0.4 is 9.62 Å². The molecule has 28 heavy (non-hydrogen) atoms. The minimum absolute atomic E-state index is 0.118. The van der Waals surface area contributed by atoms with E-state index in [9.17, 15) is 23.3 Å². The molecule has 1 fully saturated rings. The number of carbonyl (C=O) groups is 1. The Morgan fingerprint density at radius 2 is 2.04 bits per heavy atom. The third-order valence-electron chi connectivity index (χ3n) is 4.56. The summed E-state index contributed by atoms with van der Waals surface area (Å²) in [6.07, 6.45) is 0.975. The standard InChI is InChI=1S/C17H26N4O6S/c1-13-4-5-15(21(23)24)12-16(13)20(28(3,25)26)14(2)17(22)18-6-7-19-8-10-27-11-9-19/h4-5,12,14H,6-11H2,1-3H3,(H,18,22). The fraction of sp³-hybridized carbons (Fsp3) is 0.588. The van der Waals surface area contributed by atoms with Crippen molar-refractivity contribution in [3.63, 3.8) is 0 Å². The number of amides is 1. The summed E-state index contributed by atoms with van der Waals surface area (Å²) in [4.78, 5) is 25.2. The predicted octanol–water partition coefficient (Wildman–Crippen LogP) is 0.506. The van der Waals surface area contributed by atoms with Crippen LogP contribution in [0.3, 0.4) is 0 Å². The molecule has 1 aromatic rings. The first kappa shape index (κ1) is 22.1. The highest BCUT2D eigenvalue weighted by Crippen LogP contribution is 2.29. The lowest BCUT2D eigenvalue weighted by Gasteiger charge is -2.30. The third kappa shape index (κ3) is 5.63. The smallest absolute Gasteiger partial charge is 0.271 e. The molecule has 0 saturated carbocycles. The van der Waals surface area contributed by atoms with E-state index >= 15 is 0 Å². The monoisotopic (exact) mass is 414 g/mol. The van der Waals surface area contributed by atoms with E-state index in [0.717, 1.165) is 23.7 Å². The minimum Gasteiger partial charge on any atom is -0.379 e. The van der Waals surface area contributed by atoms with E-state index in [1.165, 1.54) is 25.1 Å². The summed E-state index contributed by atoms with van der Waals surface area (Å²) < 4.78 is 31.0. The molecule has 11 heteroatoms. The molecular weight excluding hydrogens is 388 g/mol. The zero-order valence-corrected chi connectivity index (χ0v) is 17.1. The van der Waals surface area contributed by atoms with E-state index in [1.54, 1.807) is 6.92 Å². The van der Waals surface area contributed by atoms with E-state index < -0.39 is 26.9 Å². The molecule has 0 bridgehead atoms. The molecule has 1 heterocycles. The number of carbonyl (C=O) groups excluding carboxylic acids is 1. The van der Waals surface area contributed by atoms with E-state index in [2.05, 4.69) is 10.2 Å². The predicted molar refractivity (Wildman–Crippen MR) is 105 cm³/mol. The Kier molecular flexibility index (Phi) is 7.33. The van der Waals surface area contributed by atoms with Crippen LogP contribution in [-0.2, 0) is 19.6 Å². The summed E-state index contributed by atoms with van der Waals surface area (Å²) >= 11 is 0. The number of anilines is 1. The summed E-state index contributed by atoms with van der Waals surface area (Å²) in [6, 6.07) is 2.88. The number of ether oxygens (including phenoxy) is 1. The number of rotatable bonds is 8. The summed E-state index contributed by atoms with van der Waals surface area (Å²) in [5, 5.41) is 13.8. The number of nitro benzene ring substituents is 1. The largest absolute Gasteiger partial charge is 0.379 e. The second-order valence-corrected chi connectivity index (χ2v) is 8.57. The van der Waals surface area contributed by atoms with Gasteiger partial charge in [-0.2, -0.15) is 0 Å². The van der Waals surface area contributed by atoms with Gasteiger partial charge in [-0.25, -0.2) is 8.42 Å². The SMILES string of the molecule is Cc1ccc([N+](=O)[O-])cc1N(C(C)C(=O)NCCN1CCOCC1)S(C)(=O)=O. The fourth-order valence-electron chi connectivity index (χ4n) is 3.04. The Morgan fingerprint density at radius 3 is 2.61 bits per heavy atom. The second-order valence-electron chi connectivity index (χ2n) is 6.71. The molecule has 1 saturated heterocycles.